The van der Waals surface area contributed by atoms with Crippen molar-refractivity contribution in [2.24, 2.45) is 0 Å². The normalized spacial score (nSPS) is 23.9. The number of fused-ring (bicyclic) bond motifs is 1. The topological polar surface area (TPSA) is 91.4 Å². The van der Waals surface area contributed by atoms with Crippen LogP contribution in [-0.2, 0) is 52.3 Å². The van der Waals surface area contributed by atoms with Crippen molar-refractivity contribution in [1.29, 1.82) is 0 Å². The van der Waals surface area contributed by atoms with Crippen molar-refractivity contribution in [3.8, 4) is 0 Å². The fourth-order valence-corrected chi connectivity index (χ4v) is 8.29. The molecule has 0 spiro atoms. The summed E-state index contributed by atoms with van der Waals surface area (Å²) in [6.07, 6.45) is 0. The van der Waals surface area contributed by atoms with Crippen molar-refractivity contribution in [3.05, 3.63) is 108 Å². The summed E-state index contributed by atoms with van der Waals surface area (Å²) in [5, 5.41) is -0.287. The highest BCUT2D eigenvalue weighted by Crippen LogP contribution is 2.57. The molecule has 0 saturated carbocycles. The van der Waals surface area contributed by atoms with Crippen LogP contribution < -0.4 is 0 Å². The molecule has 3 aromatic rings. The predicted octanol–water partition coefficient (Wildman–Crippen LogP) is 6.09. The molecule has 0 radical (unpaired) electrons. The SMILES string of the molecule is C[C@@]1(COP(=O)(OCc2ccccc2)OCc2ccccc2)S[C@@H]2[C@@H](Br)C(=O)N2[C@H]1C(=O)OCc1ccccc1. The fourth-order valence-electron chi connectivity index (χ4n) is 4.53. The molecular formula is C29H29BrNO7PS. The fraction of sp³-hybridized carbons (Fsp3) is 0.310. The Hall–Kier alpha value is -2.46. The number of ether oxygens (including phenoxy) is 1. The Morgan fingerprint density at radius 2 is 1.32 bits per heavy atom. The van der Waals surface area contributed by atoms with Crippen LogP contribution in [0.1, 0.15) is 23.6 Å². The van der Waals surface area contributed by atoms with Gasteiger partial charge in [0.1, 0.15) is 22.8 Å². The molecule has 2 aliphatic heterocycles. The van der Waals surface area contributed by atoms with E-state index in [9.17, 15) is 14.2 Å². The van der Waals surface area contributed by atoms with Crippen molar-refractivity contribution in [1.82, 2.24) is 4.90 Å². The number of halogens is 1. The Morgan fingerprint density at radius 3 is 1.82 bits per heavy atom. The number of hydrogen-bond acceptors (Lipinski definition) is 8. The number of benzene rings is 3. The molecule has 0 N–H and O–H groups in total. The van der Waals surface area contributed by atoms with E-state index in [1.165, 1.54) is 16.7 Å². The van der Waals surface area contributed by atoms with Crippen LogP contribution in [0.3, 0.4) is 0 Å². The highest BCUT2D eigenvalue weighted by Gasteiger charge is 2.65. The molecule has 2 fully saturated rings. The Balaban J connectivity index is 1.32. The Bertz CT molecular complexity index is 1320. The lowest BCUT2D eigenvalue weighted by molar-refractivity contribution is -0.162. The predicted molar refractivity (Wildman–Crippen MR) is 155 cm³/mol. The molecule has 4 atom stereocenters. The monoisotopic (exact) mass is 645 g/mol. The van der Waals surface area contributed by atoms with Crippen LogP contribution in [-0.4, -0.2) is 44.4 Å². The smallest absolute Gasteiger partial charge is 0.459 e. The van der Waals surface area contributed by atoms with Gasteiger partial charge in [0.2, 0.25) is 5.91 Å². The van der Waals surface area contributed by atoms with E-state index in [-0.39, 0.29) is 37.7 Å². The third-order valence-electron chi connectivity index (χ3n) is 6.68. The summed E-state index contributed by atoms with van der Waals surface area (Å²) >= 11 is 4.82. The van der Waals surface area contributed by atoms with E-state index in [0.29, 0.717) is 0 Å². The van der Waals surface area contributed by atoms with Gasteiger partial charge in [0, 0.05) is 0 Å². The maximum atomic E-state index is 13.9. The first-order chi connectivity index (χ1) is 19.3. The summed E-state index contributed by atoms with van der Waals surface area (Å²) in [6.45, 7) is 1.72. The van der Waals surface area contributed by atoms with Gasteiger partial charge in [-0.15, -0.1) is 11.8 Å². The third kappa shape index (κ3) is 6.54. The van der Waals surface area contributed by atoms with E-state index >= 15 is 0 Å². The van der Waals surface area contributed by atoms with Crippen LogP contribution in [0.2, 0.25) is 0 Å². The second kappa shape index (κ2) is 12.6. The maximum absolute atomic E-state index is 13.9. The summed E-state index contributed by atoms with van der Waals surface area (Å²) in [5.74, 6) is -0.755. The highest BCUT2D eigenvalue weighted by molar-refractivity contribution is 9.10. The lowest BCUT2D eigenvalue weighted by Crippen LogP contribution is -2.64. The number of esters is 1. The average Bonchev–Trinajstić information content (AvgIpc) is 3.28. The number of β-lactam (4-membered cyclic amide) rings is 1. The van der Waals surface area contributed by atoms with Crippen LogP contribution in [0.4, 0.5) is 0 Å². The van der Waals surface area contributed by atoms with Crippen molar-refractivity contribution in [3.63, 3.8) is 0 Å². The van der Waals surface area contributed by atoms with Gasteiger partial charge in [-0.1, -0.05) is 107 Å². The largest absolute Gasteiger partial charge is 0.475 e. The number of carbonyl (C=O) groups is 2. The molecule has 2 saturated heterocycles. The van der Waals surface area contributed by atoms with E-state index in [1.54, 1.807) is 6.92 Å². The van der Waals surface area contributed by atoms with E-state index in [0.717, 1.165) is 16.7 Å². The Kier molecular flexibility index (Phi) is 9.14. The van der Waals surface area contributed by atoms with Gasteiger partial charge in [-0.25, -0.2) is 9.36 Å². The molecule has 0 unspecified atom stereocenters. The number of carbonyl (C=O) groups excluding carboxylic acids is 2. The Morgan fingerprint density at radius 1 is 0.850 bits per heavy atom. The summed E-state index contributed by atoms with van der Waals surface area (Å²) in [5.41, 5.74) is 2.43. The molecule has 2 aliphatic rings. The van der Waals surface area contributed by atoms with E-state index < -0.39 is 29.4 Å². The van der Waals surface area contributed by atoms with E-state index in [4.69, 9.17) is 18.3 Å². The van der Waals surface area contributed by atoms with Gasteiger partial charge in [-0.2, -0.15) is 0 Å². The number of alkyl halides is 1. The molecule has 1 amide bonds. The number of phosphoric ester groups is 1. The third-order valence-corrected chi connectivity index (χ3v) is 10.9. The molecule has 0 bridgehead atoms. The van der Waals surface area contributed by atoms with Gasteiger partial charge in [0.25, 0.3) is 0 Å². The molecular weight excluding hydrogens is 617 g/mol. The van der Waals surface area contributed by atoms with Crippen molar-refractivity contribution in [2.75, 3.05) is 6.61 Å². The summed E-state index contributed by atoms with van der Waals surface area (Å²) in [6, 6.07) is 26.9. The number of nitrogens with zero attached hydrogens (tertiary/aromatic N) is 1. The number of rotatable bonds is 12. The van der Waals surface area contributed by atoms with Gasteiger partial charge in [0.05, 0.1) is 24.6 Å². The van der Waals surface area contributed by atoms with Gasteiger partial charge in [-0.05, 0) is 23.6 Å². The zero-order valence-corrected chi connectivity index (χ0v) is 25.1. The first kappa shape index (κ1) is 29.0. The van der Waals surface area contributed by atoms with Gasteiger partial charge in [-0.3, -0.25) is 18.4 Å². The first-order valence-corrected chi connectivity index (χ1v) is 16.0. The summed E-state index contributed by atoms with van der Waals surface area (Å²) in [4.78, 5) is 27.2. The van der Waals surface area contributed by atoms with Crippen LogP contribution in [0.15, 0.2) is 91.0 Å². The van der Waals surface area contributed by atoms with Crippen molar-refractivity contribution >= 4 is 47.4 Å². The maximum Gasteiger partial charge on any atom is 0.475 e. The highest BCUT2D eigenvalue weighted by atomic mass is 79.9. The molecule has 2 heterocycles. The van der Waals surface area contributed by atoms with Crippen LogP contribution >= 0.6 is 35.5 Å². The molecule has 5 rings (SSSR count). The lowest BCUT2D eigenvalue weighted by atomic mass is 9.97. The molecule has 210 valence electrons. The average molecular weight is 646 g/mol. The lowest BCUT2D eigenvalue weighted by Gasteiger charge is -2.41. The summed E-state index contributed by atoms with van der Waals surface area (Å²) < 4.78 is 36.0. The number of phosphoric acid groups is 1. The van der Waals surface area contributed by atoms with Crippen molar-refractivity contribution < 1.29 is 32.5 Å². The quantitative estimate of drug-likeness (QED) is 0.101. The number of thioether (sulfide) groups is 1. The standard InChI is InChI=1S/C29H29BrNO7PS/c1-29(25(31-26(32)24(30)27(31)40-29)28(33)35-17-21-11-5-2-6-12-21)20-38-39(34,36-18-22-13-7-3-8-14-22)37-19-23-15-9-4-10-16-23/h2-16,24-25,27H,17-20H2,1H3/t24-,25-,27+,29-/m0/s1. The molecule has 11 heteroatoms. The van der Waals surface area contributed by atoms with Crippen LogP contribution in [0.5, 0.6) is 0 Å². The van der Waals surface area contributed by atoms with E-state index in [1.807, 2.05) is 91.0 Å². The minimum absolute atomic E-state index is 0.00994. The first-order valence-electron chi connectivity index (χ1n) is 12.7. The minimum atomic E-state index is -4.10. The number of amides is 1. The zero-order valence-electron chi connectivity index (χ0n) is 21.8. The molecule has 8 nitrogen and oxygen atoms in total. The van der Waals surface area contributed by atoms with Crippen molar-refractivity contribution in [2.45, 2.75) is 47.7 Å². The molecule has 3 aromatic carbocycles. The van der Waals surface area contributed by atoms with Crippen LogP contribution in [0.25, 0.3) is 0 Å². The molecule has 40 heavy (non-hydrogen) atoms. The van der Waals surface area contributed by atoms with E-state index in [2.05, 4.69) is 15.9 Å². The molecule has 0 aliphatic carbocycles. The van der Waals surface area contributed by atoms with Gasteiger partial charge < -0.3 is 9.64 Å². The second-order valence-electron chi connectivity index (χ2n) is 9.70. The van der Waals surface area contributed by atoms with Crippen LogP contribution in [0, 0.1) is 0 Å². The minimum Gasteiger partial charge on any atom is -0.459 e. The number of hydrogen-bond donors (Lipinski definition) is 0. The zero-order chi connectivity index (χ0) is 28.2. The van der Waals surface area contributed by atoms with Gasteiger partial charge in [0.15, 0.2) is 0 Å². The summed E-state index contributed by atoms with van der Waals surface area (Å²) in [7, 11) is -4.10. The second-order valence-corrected chi connectivity index (χ2v) is 14.0. The molecule has 0 aromatic heterocycles. The van der Waals surface area contributed by atoms with Gasteiger partial charge >= 0.3 is 13.8 Å². The Labute approximate surface area is 246 Å².